The van der Waals surface area contributed by atoms with Crippen molar-refractivity contribution in [3.63, 3.8) is 0 Å². The van der Waals surface area contributed by atoms with Gasteiger partial charge in [0, 0.05) is 30.2 Å². The molecular formula is C14H18N4O3S. The van der Waals surface area contributed by atoms with Gasteiger partial charge < -0.3 is 10.0 Å². The normalized spacial score (nSPS) is 12.1. The Labute approximate surface area is 132 Å². The van der Waals surface area contributed by atoms with Crippen LogP contribution in [0.2, 0.25) is 0 Å². The maximum Gasteiger partial charge on any atom is 0.323 e. The summed E-state index contributed by atoms with van der Waals surface area (Å²) < 4.78 is 1.66. The molecule has 7 nitrogen and oxygen atoms in total. The number of rotatable bonds is 6. The van der Waals surface area contributed by atoms with E-state index in [9.17, 15) is 9.59 Å². The summed E-state index contributed by atoms with van der Waals surface area (Å²) in [6, 6.07) is -0.160. The van der Waals surface area contributed by atoms with Gasteiger partial charge in [-0.3, -0.25) is 14.3 Å². The Hall–Kier alpha value is -2.22. The molecule has 0 aliphatic rings. The molecule has 1 amide bonds. The Morgan fingerprint density at radius 2 is 2.23 bits per heavy atom. The Morgan fingerprint density at radius 1 is 1.50 bits per heavy atom. The Balaban J connectivity index is 2.24. The van der Waals surface area contributed by atoms with Crippen molar-refractivity contribution >= 4 is 23.2 Å². The van der Waals surface area contributed by atoms with Gasteiger partial charge >= 0.3 is 5.97 Å². The van der Waals surface area contributed by atoms with Crippen molar-refractivity contribution in [1.29, 1.82) is 0 Å². The van der Waals surface area contributed by atoms with Gasteiger partial charge in [0.1, 0.15) is 17.2 Å². The predicted octanol–water partition coefficient (Wildman–Crippen LogP) is 1.87. The van der Waals surface area contributed by atoms with E-state index in [2.05, 4.69) is 10.1 Å². The standard InChI is InChI=1S/C14H18N4O3S/c1-4-9(2)18(7-12(19)20)14(21)11-8-22-13(16-11)10-5-15-17(3)6-10/h5-6,8-9H,4,7H2,1-3H3,(H,19,20). The topological polar surface area (TPSA) is 88.3 Å². The summed E-state index contributed by atoms with van der Waals surface area (Å²) in [5, 5.41) is 15.4. The zero-order valence-electron chi connectivity index (χ0n) is 12.7. The second kappa shape index (κ2) is 6.69. The van der Waals surface area contributed by atoms with Crippen LogP contribution in [-0.2, 0) is 11.8 Å². The number of carbonyl (C=O) groups excluding carboxylic acids is 1. The largest absolute Gasteiger partial charge is 0.480 e. The van der Waals surface area contributed by atoms with Gasteiger partial charge in [0.15, 0.2) is 0 Å². The summed E-state index contributed by atoms with van der Waals surface area (Å²) in [4.78, 5) is 29.1. The molecule has 0 aliphatic heterocycles. The Morgan fingerprint density at radius 3 is 2.77 bits per heavy atom. The van der Waals surface area contributed by atoms with Gasteiger partial charge in [-0.05, 0) is 13.3 Å². The smallest absolute Gasteiger partial charge is 0.323 e. The van der Waals surface area contributed by atoms with E-state index in [1.54, 1.807) is 23.3 Å². The highest BCUT2D eigenvalue weighted by molar-refractivity contribution is 7.13. The number of aryl methyl sites for hydroxylation is 1. The maximum atomic E-state index is 12.5. The summed E-state index contributed by atoms with van der Waals surface area (Å²) in [6.07, 6.45) is 4.17. The van der Waals surface area contributed by atoms with Gasteiger partial charge in [-0.25, -0.2) is 4.98 Å². The van der Waals surface area contributed by atoms with Crippen LogP contribution in [0.25, 0.3) is 10.6 Å². The van der Waals surface area contributed by atoms with Gasteiger partial charge in [-0.1, -0.05) is 6.92 Å². The van der Waals surface area contributed by atoms with Crippen molar-refractivity contribution in [2.45, 2.75) is 26.3 Å². The molecule has 0 saturated heterocycles. The van der Waals surface area contributed by atoms with Gasteiger partial charge in [0.2, 0.25) is 0 Å². The van der Waals surface area contributed by atoms with Crippen LogP contribution in [0.1, 0.15) is 30.8 Å². The van der Waals surface area contributed by atoms with E-state index >= 15 is 0 Å². The molecule has 2 aromatic heterocycles. The second-order valence-electron chi connectivity index (χ2n) is 5.02. The van der Waals surface area contributed by atoms with Gasteiger partial charge in [0.25, 0.3) is 5.91 Å². The summed E-state index contributed by atoms with van der Waals surface area (Å²) >= 11 is 1.34. The number of nitrogens with zero attached hydrogens (tertiary/aromatic N) is 4. The average molecular weight is 322 g/mol. The Bertz CT molecular complexity index is 679. The molecule has 2 aromatic rings. The minimum absolute atomic E-state index is 0.160. The van der Waals surface area contributed by atoms with Gasteiger partial charge in [-0.15, -0.1) is 11.3 Å². The van der Waals surface area contributed by atoms with Crippen LogP contribution < -0.4 is 0 Å². The van der Waals surface area contributed by atoms with Crippen LogP contribution in [-0.4, -0.2) is 49.2 Å². The molecule has 0 bridgehead atoms. The van der Waals surface area contributed by atoms with E-state index in [-0.39, 0.29) is 24.2 Å². The van der Waals surface area contributed by atoms with Crippen molar-refractivity contribution in [2.24, 2.45) is 7.05 Å². The zero-order valence-corrected chi connectivity index (χ0v) is 13.5. The fourth-order valence-electron chi connectivity index (χ4n) is 1.98. The summed E-state index contributed by atoms with van der Waals surface area (Å²) in [7, 11) is 1.81. The number of thiazole rings is 1. The lowest BCUT2D eigenvalue weighted by atomic mass is 10.2. The fourth-order valence-corrected chi connectivity index (χ4v) is 2.75. The van der Waals surface area contributed by atoms with E-state index in [4.69, 9.17) is 5.11 Å². The molecule has 0 fully saturated rings. The number of carbonyl (C=O) groups is 2. The minimum Gasteiger partial charge on any atom is -0.480 e. The molecule has 0 aromatic carbocycles. The van der Waals surface area contributed by atoms with Crippen molar-refractivity contribution in [2.75, 3.05) is 6.54 Å². The van der Waals surface area contributed by atoms with Crippen LogP contribution in [0.4, 0.5) is 0 Å². The van der Waals surface area contributed by atoms with Crippen LogP contribution in [0.15, 0.2) is 17.8 Å². The first-order chi connectivity index (χ1) is 10.4. The third kappa shape index (κ3) is 3.51. The third-order valence-corrected chi connectivity index (χ3v) is 4.26. The second-order valence-corrected chi connectivity index (χ2v) is 5.88. The van der Waals surface area contributed by atoms with Gasteiger partial charge in [-0.2, -0.15) is 5.10 Å². The lowest BCUT2D eigenvalue weighted by Crippen LogP contribution is -2.42. The predicted molar refractivity (Wildman–Crippen MR) is 82.7 cm³/mol. The highest BCUT2D eigenvalue weighted by atomic mass is 32.1. The molecule has 22 heavy (non-hydrogen) atoms. The van der Waals surface area contributed by atoms with Crippen molar-refractivity contribution in [1.82, 2.24) is 19.7 Å². The van der Waals surface area contributed by atoms with Crippen LogP contribution in [0.5, 0.6) is 0 Å². The first-order valence-corrected chi connectivity index (χ1v) is 7.77. The quantitative estimate of drug-likeness (QED) is 0.877. The lowest BCUT2D eigenvalue weighted by molar-refractivity contribution is -0.138. The molecule has 118 valence electrons. The molecule has 0 radical (unpaired) electrons. The fraction of sp³-hybridized carbons (Fsp3) is 0.429. The SMILES string of the molecule is CCC(C)N(CC(=O)O)C(=O)c1csc(-c2cnn(C)c2)n1. The molecule has 0 spiro atoms. The number of carboxylic acid groups (broad SMARTS) is 1. The zero-order chi connectivity index (χ0) is 16.3. The van der Waals surface area contributed by atoms with Crippen LogP contribution in [0, 0.1) is 0 Å². The van der Waals surface area contributed by atoms with Crippen molar-refractivity contribution < 1.29 is 14.7 Å². The highest BCUT2D eigenvalue weighted by Crippen LogP contribution is 2.24. The summed E-state index contributed by atoms with van der Waals surface area (Å²) in [5.41, 5.74) is 1.10. The first-order valence-electron chi connectivity index (χ1n) is 6.89. The minimum atomic E-state index is -1.03. The number of carboxylic acids is 1. The van der Waals surface area contributed by atoms with E-state index < -0.39 is 5.97 Å². The number of aromatic nitrogens is 3. The first kappa shape index (κ1) is 16.2. The summed E-state index contributed by atoms with van der Waals surface area (Å²) in [6.45, 7) is 3.41. The molecule has 1 atom stereocenters. The molecule has 0 aliphatic carbocycles. The molecule has 1 unspecified atom stereocenters. The van der Waals surface area contributed by atoms with Crippen molar-refractivity contribution in [3.8, 4) is 10.6 Å². The molecule has 0 saturated carbocycles. The van der Waals surface area contributed by atoms with E-state index in [1.165, 1.54) is 16.2 Å². The average Bonchev–Trinajstić information content (AvgIpc) is 3.11. The van der Waals surface area contributed by atoms with E-state index in [0.29, 0.717) is 11.4 Å². The highest BCUT2D eigenvalue weighted by Gasteiger charge is 2.25. The molecule has 1 N–H and O–H groups in total. The van der Waals surface area contributed by atoms with Gasteiger partial charge in [0.05, 0.1) is 6.20 Å². The third-order valence-electron chi connectivity index (χ3n) is 3.36. The number of aliphatic carboxylic acids is 1. The lowest BCUT2D eigenvalue weighted by Gasteiger charge is -2.26. The molecule has 2 heterocycles. The molecule has 2 rings (SSSR count). The number of amides is 1. The molecular weight excluding hydrogens is 304 g/mol. The van der Waals surface area contributed by atoms with E-state index in [0.717, 1.165) is 5.56 Å². The van der Waals surface area contributed by atoms with Crippen LogP contribution in [0.3, 0.4) is 0 Å². The number of hydrogen-bond acceptors (Lipinski definition) is 5. The Kier molecular flexibility index (Phi) is 4.92. The number of hydrogen-bond donors (Lipinski definition) is 1. The monoisotopic (exact) mass is 322 g/mol. The molecule has 8 heteroatoms. The summed E-state index contributed by atoms with van der Waals surface area (Å²) in [5.74, 6) is -1.39. The maximum absolute atomic E-state index is 12.5. The van der Waals surface area contributed by atoms with Crippen molar-refractivity contribution in [3.05, 3.63) is 23.5 Å². The van der Waals surface area contributed by atoms with Crippen LogP contribution >= 0.6 is 11.3 Å². The van der Waals surface area contributed by atoms with E-state index in [1.807, 2.05) is 20.0 Å².